The highest BCUT2D eigenvalue weighted by Gasteiger charge is 2.21. The summed E-state index contributed by atoms with van der Waals surface area (Å²) < 4.78 is 0. The number of aromatic hydroxyl groups is 2. The van der Waals surface area contributed by atoms with Crippen molar-refractivity contribution in [2.24, 2.45) is 0 Å². The molecule has 0 heterocycles. The Morgan fingerprint density at radius 1 is 0.808 bits per heavy atom. The van der Waals surface area contributed by atoms with Crippen LogP contribution >= 0.6 is 0 Å². The Morgan fingerprint density at radius 3 is 2.35 bits per heavy atom. The number of phenolic OH excluding ortho intramolecular Hbond substituents is 2. The average molecular weight is 352 g/mol. The second-order valence-electron chi connectivity index (χ2n) is 7.06. The van der Waals surface area contributed by atoms with Crippen LogP contribution in [0, 0.1) is 0 Å². The molecule has 0 amide bonds. The van der Waals surface area contributed by atoms with Crippen LogP contribution in [0.4, 0.5) is 0 Å². The zero-order valence-electron chi connectivity index (χ0n) is 15.2. The Balaban J connectivity index is 1.99. The number of benzene rings is 2. The first-order chi connectivity index (χ1) is 12.7. The Bertz CT molecular complexity index is 760. The fourth-order valence-electron chi connectivity index (χ4n) is 3.92. The van der Waals surface area contributed by atoms with Crippen LogP contribution in [0.1, 0.15) is 61.6 Å². The normalized spacial score (nSPS) is 14.2. The summed E-state index contributed by atoms with van der Waals surface area (Å²) >= 11 is 0. The monoisotopic (exact) mass is 352 g/mol. The van der Waals surface area contributed by atoms with E-state index < -0.39 is 0 Å². The van der Waals surface area contributed by atoms with E-state index in [9.17, 15) is 10.2 Å². The molecular weight excluding hydrogens is 324 g/mol. The SMILES string of the molecule is OCCCCCCC1=C(c2ccc(O)cc2)CCCc2cccc(O)c21. The van der Waals surface area contributed by atoms with E-state index in [4.69, 9.17) is 5.11 Å². The molecule has 0 aromatic heterocycles. The number of aliphatic hydroxyl groups is 1. The third-order valence-electron chi connectivity index (χ3n) is 5.22. The summed E-state index contributed by atoms with van der Waals surface area (Å²) in [7, 11) is 0. The van der Waals surface area contributed by atoms with E-state index >= 15 is 0 Å². The predicted molar refractivity (Wildman–Crippen MR) is 106 cm³/mol. The maximum Gasteiger partial charge on any atom is 0.123 e. The lowest BCUT2D eigenvalue weighted by molar-refractivity contribution is 0.282. The molecule has 0 fully saturated rings. The van der Waals surface area contributed by atoms with Gasteiger partial charge in [-0.05, 0) is 79.0 Å². The van der Waals surface area contributed by atoms with Crippen LogP contribution in [0.2, 0.25) is 0 Å². The quantitative estimate of drug-likeness (QED) is 0.594. The molecule has 3 N–H and O–H groups in total. The number of unbranched alkanes of at least 4 members (excludes halogenated alkanes) is 3. The van der Waals surface area contributed by atoms with E-state index in [0.717, 1.165) is 62.5 Å². The number of aryl methyl sites for hydroxylation is 1. The lowest BCUT2D eigenvalue weighted by atomic mass is 9.88. The zero-order valence-corrected chi connectivity index (χ0v) is 15.2. The highest BCUT2D eigenvalue weighted by molar-refractivity contribution is 5.94. The third-order valence-corrected chi connectivity index (χ3v) is 5.22. The first-order valence-electron chi connectivity index (χ1n) is 9.64. The van der Waals surface area contributed by atoms with Gasteiger partial charge in [0.15, 0.2) is 0 Å². The molecule has 138 valence electrons. The zero-order chi connectivity index (χ0) is 18.4. The minimum Gasteiger partial charge on any atom is -0.508 e. The molecule has 0 radical (unpaired) electrons. The summed E-state index contributed by atoms with van der Waals surface area (Å²) in [5, 5.41) is 29.2. The number of aliphatic hydroxyl groups excluding tert-OH is 1. The second kappa shape index (κ2) is 8.91. The van der Waals surface area contributed by atoms with Crippen LogP contribution in [-0.2, 0) is 6.42 Å². The molecule has 3 heteroatoms. The van der Waals surface area contributed by atoms with Gasteiger partial charge in [0.2, 0.25) is 0 Å². The molecule has 0 aliphatic heterocycles. The number of hydrogen-bond donors (Lipinski definition) is 3. The molecule has 3 rings (SSSR count). The van der Waals surface area contributed by atoms with E-state index in [1.807, 2.05) is 18.2 Å². The summed E-state index contributed by atoms with van der Waals surface area (Å²) in [5.41, 5.74) is 5.89. The fourth-order valence-corrected chi connectivity index (χ4v) is 3.92. The topological polar surface area (TPSA) is 60.7 Å². The van der Waals surface area contributed by atoms with Crippen molar-refractivity contribution >= 4 is 11.1 Å². The first kappa shape index (κ1) is 18.5. The van der Waals surface area contributed by atoms with Gasteiger partial charge in [0, 0.05) is 12.2 Å². The largest absolute Gasteiger partial charge is 0.508 e. The van der Waals surface area contributed by atoms with Gasteiger partial charge in [0.05, 0.1) is 0 Å². The summed E-state index contributed by atoms with van der Waals surface area (Å²) in [6, 6.07) is 13.3. The van der Waals surface area contributed by atoms with Crippen molar-refractivity contribution in [3.05, 3.63) is 59.2 Å². The maximum atomic E-state index is 10.6. The van der Waals surface area contributed by atoms with Gasteiger partial charge in [-0.3, -0.25) is 0 Å². The lowest BCUT2D eigenvalue weighted by Crippen LogP contribution is -1.95. The van der Waals surface area contributed by atoms with E-state index in [-0.39, 0.29) is 12.4 Å². The number of rotatable bonds is 7. The van der Waals surface area contributed by atoms with Crippen LogP contribution in [-0.4, -0.2) is 21.9 Å². The number of allylic oxidation sites excluding steroid dienone is 2. The molecule has 26 heavy (non-hydrogen) atoms. The van der Waals surface area contributed by atoms with Gasteiger partial charge >= 0.3 is 0 Å². The van der Waals surface area contributed by atoms with Crippen molar-refractivity contribution in [1.82, 2.24) is 0 Å². The number of phenols is 2. The summed E-state index contributed by atoms with van der Waals surface area (Å²) in [4.78, 5) is 0. The van der Waals surface area contributed by atoms with Gasteiger partial charge in [0.25, 0.3) is 0 Å². The van der Waals surface area contributed by atoms with Crippen molar-refractivity contribution in [3.63, 3.8) is 0 Å². The van der Waals surface area contributed by atoms with E-state index in [1.165, 1.54) is 16.7 Å². The minimum atomic E-state index is 0.255. The molecule has 2 aromatic carbocycles. The first-order valence-corrected chi connectivity index (χ1v) is 9.64. The van der Waals surface area contributed by atoms with Gasteiger partial charge in [-0.2, -0.15) is 0 Å². The van der Waals surface area contributed by atoms with Crippen LogP contribution < -0.4 is 0 Å². The van der Waals surface area contributed by atoms with Crippen LogP contribution in [0.25, 0.3) is 11.1 Å². The van der Waals surface area contributed by atoms with Crippen LogP contribution in [0.15, 0.2) is 42.5 Å². The Morgan fingerprint density at radius 2 is 1.58 bits per heavy atom. The van der Waals surface area contributed by atoms with E-state index in [1.54, 1.807) is 18.2 Å². The minimum absolute atomic E-state index is 0.255. The summed E-state index contributed by atoms with van der Waals surface area (Å²) in [6.45, 7) is 0.255. The molecule has 3 nitrogen and oxygen atoms in total. The van der Waals surface area contributed by atoms with Crippen molar-refractivity contribution in [2.75, 3.05) is 6.61 Å². The maximum absolute atomic E-state index is 10.6. The lowest BCUT2D eigenvalue weighted by Gasteiger charge is -2.17. The molecule has 0 saturated carbocycles. The molecule has 0 atom stereocenters. The molecule has 0 spiro atoms. The molecule has 0 bridgehead atoms. The fraction of sp³-hybridized carbons (Fsp3) is 0.391. The van der Waals surface area contributed by atoms with Crippen molar-refractivity contribution in [3.8, 4) is 11.5 Å². The Labute approximate surface area is 155 Å². The second-order valence-corrected chi connectivity index (χ2v) is 7.06. The Hall–Kier alpha value is -2.26. The van der Waals surface area contributed by atoms with Crippen LogP contribution in [0.3, 0.4) is 0 Å². The molecule has 2 aromatic rings. The standard InChI is InChI=1S/C23H28O3/c24-16-4-2-1-3-9-21-20(17-12-14-19(25)15-13-17)10-5-7-18-8-6-11-22(26)23(18)21/h6,8,11-15,24-26H,1-5,7,9-10,16H2. The van der Waals surface area contributed by atoms with Crippen molar-refractivity contribution in [1.29, 1.82) is 0 Å². The van der Waals surface area contributed by atoms with E-state index in [0.29, 0.717) is 5.75 Å². The predicted octanol–water partition coefficient (Wildman–Crippen LogP) is 5.29. The molecule has 0 unspecified atom stereocenters. The number of fused-ring (bicyclic) bond motifs is 1. The molecular formula is C23H28O3. The third kappa shape index (κ3) is 4.28. The van der Waals surface area contributed by atoms with Gasteiger partial charge in [-0.1, -0.05) is 37.1 Å². The highest BCUT2D eigenvalue weighted by atomic mass is 16.3. The smallest absolute Gasteiger partial charge is 0.123 e. The Kier molecular flexibility index (Phi) is 6.35. The molecule has 0 saturated heterocycles. The van der Waals surface area contributed by atoms with Crippen LogP contribution in [0.5, 0.6) is 11.5 Å². The van der Waals surface area contributed by atoms with Crippen molar-refractivity contribution < 1.29 is 15.3 Å². The molecule has 1 aliphatic rings. The highest BCUT2D eigenvalue weighted by Crippen LogP contribution is 2.42. The van der Waals surface area contributed by atoms with Crippen molar-refractivity contribution in [2.45, 2.75) is 51.4 Å². The number of hydrogen-bond acceptors (Lipinski definition) is 3. The summed E-state index contributed by atoms with van der Waals surface area (Å²) in [6.07, 6.45) is 7.94. The average Bonchev–Trinajstić information content (AvgIpc) is 2.83. The molecule has 1 aliphatic carbocycles. The van der Waals surface area contributed by atoms with Gasteiger partial charge < -0.3 is 15.3 Å². The van der Waals surface area contributed by atoms with Gasteiger partial charge in [-0.25, -0.2) is 0 Å². The van der Waals surface area contributed by atoms with E-state index in [2.05, 4.69) is 6.07 Å². The van der Waals surface area contributed by atoms with Gasteiger partial charge in [0.1, 0.15) is 11.5 Å². The summed E-state index contributed by atoms with van der Waals surface area (Å²) in [5.74, 6) is 0.641. The van der Waals surface area contributed by atoms with Gasteiger partial charge in [-0.15, -0.1) is 0 Å².